The van der Waals surface area contributed by atoms with Gasteiger partial charge in [0, 0.05) is 19.3 Å². The van der Waals surface area contributed by atoms with Crippen LogP contribution in [-0.2, 0) is 14.8 Å². The van der Waals surface area contributed by atoms with Crippen molar-refractivity contribution in [3.8, 4) is 0 Å². The minimum atomic E-state index is -3.44. The molecule has 23 heavy (non-hydrogen) atoms. The molecule has 6 heteroatoms. The Morgan fingerprint density at radius 2 is 1.61 bits per heavy atom. The van der Waals surface area contributed by atoms with Crippen LogP contribution in [0.5, 0.6) is 0 Å². The average molecular weight is 330 g/mol. The van der Waals surface area contributed by atoms with E-state index in [0.717, 1.165) is 11.3 Å². The Balaban J connectivity index is 1.75. The van der Waals surface area contributed by atoms with Crippen LogP contribution in [0.4, 0.5) is 5.69 Å². The lowest BCUT2D eigenvalue weighted by atomic mass is 10.2. The Hall–Kier alpha value is -2.02. The van der Waals surface area contributed by atoms with Gasteiger partial charge in [-0.25, -0.2) is 8.42 Å². The summed E-state index contributed by atoms with van der Waals surface area (Å²) in [7, 11) is -3.44. The summed E-state index contributed by atoms with van der Waals surface area (Å²) in [6, 6.07) is 16.4. The van der Waals surface area contributed by atoms with E-state index < -0.39 is 10.0 Å². The van der Waals surface area contributed by atoms with Crippen molar-refractivity contribution in [2.45, 2.75) is 4.90 Å². The number of nitrogens with zero attached hydrogens (tertiary/aromatic N) is 2. The third kappa shape index (κ3) is 3.85. The molecule has 3 rings (SSSR count). The maximum Gasteiger partial charge on any atom is 0.243 e. The van der Waals surface area contributed by atoms with Crippen molar-refractivity contribution in [1.82, 2.24) is 4.31 Å². The topological polar surface area (TPSA) is 59.0 Å². The predicted octanol–water partition coefficient (Wildman–Crippen LogP) is 2.46. The van der Waals surface area contributed by atoms with Crippen LogP contribution in [-0.4, -0.2) is 45.2 Å². The Labute approximate surface area is 136 Å². The second-order valence-corrected chi connectivity index (χ2v) is 7.12. The zero-order valence-corrected chi connectivity index (χ0v) is 13.4. The van der Waals surface area contributed by atoms with Crippen LogP contribution >= 0.6 is 0 Å². The highest BCUT2D eigenvalue weighted by atomic mass is 32.2. The van der Waals surface area contributed by atoms with Crippen LogP contribution in [0.25, 0.3) is 0 Å². The summed E-state index contributed by atoms with van der Waals surface area (Å²) in [5.74, 6) is 0. The van der Waals surface area contributed by atoms with Gasteiger partial charge in [-0.2, -0.15) is 4.31 Å². The van der Waals surface area contributed by atoms with Gasteiger partial charge in [0.15, 0.2) is 0 Å². The summed E-state index contributed by atoms with van der Waals surface area (Å²) in [6.45, 7) is 1.68. The van der Waals surface area contributed by atoms with Crippen LogP contribution in [0.2, 0.25) is 0 Å². The number of aliphatic imine (C=N–C) groups is 1. The second kappa shape index (κ2) is 7.04. The largest absolute Gasteiger partial charge is 0.379 e. The van der Waals surface area contributed by atoms with E-state index in [0.29, 0.717) is 26.3 Å². The highest BCUT2D eigenvalue weighted by Crippen LogP contribution is 2.20. The van der Waals surface area contributed by atoms with Gasteiger partial charge >= 0.3 is 0 Å². The third-order valence-corrected chi connectivity index (χ3v) is 5.52. The van der Waals surface area contributed by atoms with E-state index >= 15 is 0 Å². The summed E-state index contributed by atoms with van der Waals surface area (Å²) >= 11 is 0. The number of sulfonamides is 1. The lowest BCUT2D eigenvalue weighted by molar-refractivity contribution is 0.0730. The molecular weight excluding hydrogens is 312 g/mol. The van der Waals surface area contributed by atoms with Crippen LogP contribution in [0.1, 0.15) is 5.56 Å². The van der Waals surface area contributed by atoms with Crippen molar-refractivity contribution >= 4 is 21.9 Å². The molecule has 2 aromatic rings. The molecule has 1 fully saturated rings. The second-order valence-electron chi connectivity index (χ2n) is 5.18. The molecule has 1 heterocycles. The fourth-order valence-corrected chi connectivity index (χ4v) is 3.74. The number of benzene rings is 2. The maximum absolute atomic E-state index is 12.5. The Morgan fingerprint density at radius 3 is 2.26 bits per heavy atom. The molecule has 0 saturated carbocycles. The van der Waals surface area contributed by atoms with Gasteiger partial charge in [-0.3, -0.25) is 4.99 Å². The Morgan fingerprint density at radius 1 is 0.957 bits per heavy atom. The predicted molar refractivity (Wildman–Crippen MR) is 89.7 cm³/mol. The molecule has 2 aromatic carbocycles. The number of hydrogen-bond acceptors (Lipinski definition) is 4. The van der Waals surface area contributed by atoms with E-state index in [4.69, 9.17) is 4.74 Å². The van der Waals surface area contributed by atoms with Crippen molar-refractivity contribution in [3.05, 3.63) is 60.2 Å². The minimum absolute atomic E-state index is 0.290. The van der Waals surface area contributed by atoms with E-state index in [1.165, 1.54) is 4.31 Å². The van der Waals surface area contributed by atoms with E-state index in [9.17, 15) is 8.42 Å². The normalized spacial score (nSPS) is 16.7. The van der Waals surface area contributed by atoms with Gasteiger partial charge < -0.3 is 4.74 Å². The number of hydrogen-bond donors (Lipinski definition) is 0. The molecule has 0 aliphatic carbocycles. The molecule has 0 aromatic heterocycles. The van der Waals surface area contributed by atoms with Gasteiger partial charge in [0.1, 0.15) is 0 Å². The van der Waals surface area contributed by atoms with Gasteiger partial charge in [-0.05, 0) is 29.8 Å². The van der Waals surface area contributed by atoms with Crippen LogP contribution in [0.15, 0.2) is 64.5 Å². The van der Waals surface area contributed by atoms with Gasteiger partial charge in [0.2, 0.25) is 10.0 Å². The fourth-order valence-electron chi connectivity index (χ4n) is 2.33. The molecule has 0 amide bonds. The summed E-state index contributed by atoms with van der Waals surface area (Å²) in [4.78, 5) is 4.65. The van der Waals surface area contributed by atoms with E-state index in [2.05, 4.69) is 4.99 Å². The molecule has 0 N–H and O–H groups in total. The van der Waals surface area contributed by atoms with Crippen molar-refractivity contribution in [2.24, 2.45) is 4.99 Å². The van der Waals surface area contributed by atoms with Gasteiger partial charge in [-0.1, -0.05) is 30.3 Å². The first kappa shape index (κ1) is 15.9. The molecule has 0 bridgehead atoms. The molecule has 1 saturated heterocycles. The van der Waals surface area contributed by atoms with Crippen molar-refractivity contribution in [1.29, 1.82) is 0 Å². The van der Waals surface area contributed by atoms with Crippen molar-refractivity contribution in [3.63, 3.8) is 0 Å². The molecule has 0 atom stereocenters. The molecule has 0 unspecified atom stereocenters. The molecule has 120 valence electrons. The van der Waals surface area contributed by atoms with Crippen molar-refractivity contribution < 1.29 is 13.2 Å². The molecule has 5 nitrogen and oxygen atoms in total. The number of morpholine rings is 1. The summed E-state index contributed by atoms with van der Waals surface area (Å²) in [5.41, 5.74) is 1.72. The van der Waals surface area contributed by atoms with Gasteiger partial charge in [0.25, 0.3) is 0 Å². The van der Waals surface area contributed by atoms with E-state index in [-0.39, 0.29) is 4.90 Å². The minimum Gasteiger partial charge on any atom is -0.379 e. The highest BCUT2D eigenvalue weighted by molar-refractivity contribution is 7.89. The highest BCUT2D eigenvalue weighted by Gasteiger charge is 2.25. The smallest absolute Gasteiger partial charge is 0.243 e. The van der Waals surface area contributed by atoms with Crippen LogP contribution in [0.3, 0.4) is 0 Å². The lowest BCUT2D eigenvalue weighted by Crippen LogP contribution is -2.40. The lowest BCUT2D eigenvalue weighted by Gasteiger charge is -2.26. The first-order valence-corrected chi connectivity index (χ1v) is 8.87. The monoisotopic (exact) mass is 330 g/mol. The number of rotatable bonds is 4. The Bertz CT molecular complexity index is 765. The zero-order valence-electron chi connectivity index (χ0n) is 12.6. The average Bonchev–Trinajstić information content (AvgIpc) is 2.62. The van der Waals surface area contributed by atoms with E-state index in [1.54, 1.807) is 30.5 Å². The zero-order chi connectivity index (χ0) is 16.1. The fraction of sp³-hybridized carbons (Fsp3) is 0.235. The van der Waals surface area contributed by atoms with Gasteiger partial charge in [-0.15, -0.1) is 0 Å². The summed E-state index contributed by atoms with van der Waals surface area (Å²) in [5, 5.41) is 0. The molecule has 1 aliphatic heterocycles. The SMILES string of the molecule is O=S(=O)(c1ccc(N=Cc2ccccc2)cc1)N1CCOCC1. The molecule has 0 spiro atoms. The summed E-state index contributed by atoms with van der Waals surface area (Å²) < 4.78 is 31.7. The summed E-state index contributed by atoms with van der Waals surface area (Å²) in [6.07, 6.45) is 1.76. The van der Waals surface area contributed by atoms with Crippen LogP contribution < -0.4 is 0 Å². The quantitative estimate of drug-likeness (QED) is 0.809. The first-order chi connectivity index (χ1) is 11.2. The third-order valence-electron chi connectivity index (χ3n) is 3.61. The standard InChI is InChI=1S/C17H18N2O3S/c20-23(21,19-10-12-22-13-11-19)17-8-6-16(7-9-17)18-14-15-4-2-1-3-5-15/h1-9,14H,10-13H2. The van der Waals surface area contributed by atoms with Crippen LogP contribution in [0, 0.1) is 0 Å². The maximum atomic E-state index is 12.5. The molecule has 0 radical (unpaired) electrons. The molecule has 1 aliphatic rings. The first-order valence-electron chi connectivity index (χ1n) is 7.43. The van der Waals surface area contributed by atoms with Gasteiger partial charge in [0.05, 0.1) is 23.8 Å². The molecular formula is C17H18N2O3S. The Kier molecular flexibility index (Phi) is 4.85. The van der Waals surface area contributed by atoms with E-state index in [1.807, 2.05) is 30.3 Å². The number of ether oxygens (including phenoxy) is 1. The van der Waals surface area contributed by atoms with Crippen molar-refractivity contribution in [2.75, 3.05) is 26.3 Å².